The van der Waals surface area contributed by atoms with Crippen LogP contribution in [0, 0.1) is 5.82 Å². The number of hydrogen-bond donors (Lipinski definition) is 1. The number of ether oxygens (including phenoxy) is 1. The van der Waals surface area contributed by atoms with Crippen LogP contribution in [0.3, 0.4) is 0 Å². The Morgan fingerprint density at radius 2 is 2.12 bits per heavy atom. The molecule has 5 nitrogen and oxygen atoms in total. The molecule has 2 amide bonds. The molecule has 1 aromatic carbocycles. The van der Waals surface area contributed by atoms with Crippen LogP contribution in [0.25, 0.3) is 0 Å². The van der Waals surface area contributed by atoms with Crippen LogP contribution in [0.5, 0.6) is 0 Å². The zero-order valence-corrected chi connectivity index (χ0v) is 14.2. The molecule has 0 unspecified atom stereocenters. The van der Waals surface area contributed by atoms with E-state index >= 15 is 0 Å². The summed E-state index contributed by atoms with van der Waals surface area (Å²) in [5, 5.41) is 2.88. The Kier molecular flexibility index (Phi) is 5.60. The fourth-order valence-electron chi connectivity index (χ4n) is 3.28. The molecule has 0 saturated carbocycles. The van der Waals surface area contributed by atoms with Crippen LogP contribution in [0.1, 0.15) is 17.5 Å². The molecule has 1 N–H and O–H groups in total. The first-order valence-corrected chi connectivity index (χ1v) is 8.38. The fraction of sp³-hybridized carbons (Fsp3) is 0.368. The highest BCUT2D eigenvalue weighted by atomic mass is 19.1. The van der Waals surface area contributed by atoms with Gasteiger partial charge >= 0.3 is 6.03 Å². The Labute approximate surface area is 146 Å². The fourth-order valence-corrected chi connectivity index (χ4v) is 3.28. The molecule has 6 heteroatoms. The molecule has 0 bridgehead atoms. The van der Waals surface area contributed by atoms with Crippen molar-refractivity contribution in [2.45, 2.75) is 31.5 Å². The standard InChI is InChI=1S/C19H22FN3O2/c1-25-18-7-10-23(17(18)12-14-5-8-21-9-6-14)19(24)22-13-15-3-2-4-16(20)11-15/h2-6,8-9,11,17-18H,7,10,12-13H2,1H3,(H,22,24)/t17-,18+/m0/s1. The third-order valence-corrected chi connectivity index (χ3v) is 4.57. The average Bonchev–Trinajstić information content (AvgIpc) is 3.03. The normalized spacial score (nSPS) is 19.8. The molecule has 0 aliphatic carbocycles. The first kappa shape index (κ1) is 17.4. The highest BCUT2D eigenvalue weighted by Crippen LogP contribution is 2.24. The van der Waals surface area contributed by atoms with E-state index in [2.05, 4.69) is 10.3 Å². The second-order valence-corrected chi connectivity index (χ2v) is 6.17. The number of rotatable bonds is 5. The molecule has 2 atom stereocenters. The van der Waals surface area contributed by atoms with E-state index < -0.39 is 0 Å². The number of benzene rings is 1. The maximum absolute atomic E-state index is 13.2. The molecule has 1 aliphatic heterocycles. The summed E-state index contributed by atoms with van der Waals surface area (Å²) in [7, 11) is 1.68. The van der Waals surface area contributed by atoms with Crippen LogP contribution in [0.15, 0.2) is 48.8 Å². The Balaban J connectivity index is 1.65. The maximum atomic E-state index is 13.2. The van der Waals surface area contributed by atoms with Gasteiger partial charge in [0.1, 0.15) is 5.82 Å². The van der Waals surface area contributed by atoms with Crippen molar-refractivity contribution in [1.29, 1.82) is 0 Å². The predicted molar refractivity (Wildman–Crippen MR) is 92.5 cm³/mol. The Bertz CT molecular complexity index is 711. The number of nitrogens with zero attached hydrogens (tertiary/aromatic N) is 2. The SMILES string of the molecule is CO[C@@H]1CCN(C(=O)NCc2cccc(F)c2)[C@H]1Cc1ccncc1. The van der Waals surface area contributed by atoms with Gasteiger partial charge in [-0.05, 0) is 48.2 Å². The molecule has 0 spiro atoms. The van der Waals surface area contributed by atoms with Gasteiger partial charge in [-0.15, -0.1) is 0 Å². The Morgan fingerprint density at radius 3 is 2.84 bits per heavy atom. The molecule has 25 heavy (non-hydrogen) atoms. The van der Waals surface area contributed by atoms with E-state index in [1.807, 2.05) is 17.0 Å². The summed E-state index contributed by atoms with van der Waals surface area (Å²) in [6, 6.07) is 9.97. The molecule has 1 saturated heterocycles. The first-order chi connectivity index (χ1) is 12.2. The Morgan fingerprint density at radius 1 is 1.32 bits per heavy atom. The molecule has 1 aromatic heterocycles. The number of carbonyl (C=O) groups is 1. The second kappa shape index (κ2) is 8.07. The minimum Gasteiger partial charge on any atom is -0.379 e. The van der Waals surface area contributed by atoms with Gasteiger partial charge in [0.05, 0.1) is 12.1 Å². The minimum atomic E-state index is -0.303. The van der Waals surface area contributed by atoms with Crippen molar-refractivity contribution in [2.24, 2.45) is 0 Å². The van der Waals surface area contributed by atoms with E-state index in [1.165, 1.54) is 12.1 Å². The van der Waals surface area contributed by atoms with Crippen LogP contribution < -0.4 is 5.32 Å². The molecule has 2 heterocycles. The van der Waals surface area contributed by atoms with Gasteiger partial charge in [0.25, 0.3) is 0 Å². The molecule has 132 valence electrons. The number of halogens is 1. The van der Waals surface area contributed by atoms with E-state index in [0.717, 1.165) is 17.5 Å². The summed E-state index contributed by atoms with van der Waals surface area (Å²) >= 11 is 0. The van der Waals surface area contributed by atoms with E-state index in [0.29, 0.717) is 19.5 Å². The molecule has 1 aliphatic rings. The van der Waals surface area contributed by atoms with Crippen molar-refractivity contribution < 1.29 is 13.9 Å². The lowest BCUT2D eigenvalue weighted by molar-refractivity contribution is 0.0724. The largest absolute Gasteiger partial charge is 0.379 e. The monoisotopic (exact) mass is 343 g/mol. The van der Waals surface area contributed by atoms with Crippen molar-refractivity contribution in [3.05, 3.63) is 65.7 Å². The average molecular weight is 343 g/mol. The molecular formula is C19H22FN3O2. The van der Waals surface area contributed by atoms with E-state index in [1.54, 1.807) is 31.6 Å². The first-order valence-electron chi connectivity index (χ1n) is 8.38. The number of aromatic nitrogens is 1. The van der Waals surface area contributed by atoms with Gasteiger partial charge in [-0.2, -0.15) is 0 Å². The zero-order chi connectivity index (χ0) is 17.6. The lowest BCUT2D eigenvalue weighted by Gasteiger charge is -2.28. The van der Waals surface area contributed by atoms with Gasteiger partial charge in [-0.3, -0.25) is 4.98 Å². The second-order valence-electron chi connectivity index (χ2n) is 6.17. The smallest absolute Gasteiger partial charge is 0.318 e. The quantitative estimate of drug-likeness (QED) is 0.908. The Hall–Kier alpha value is -2.47. The topological polar surface area (TPSA) is 54.5 Å². The van der Waals surface area contributed by atoms with E-state index in [9.17, 15) is 9.18 Å². The number of methoxy groups -OCH3 is 1. The summed E-state index contributed by atoms with van der Waals surface area (Å²) in [5.74, 6) is -0.303. The van der Waals surface area contributed by atoms with Gasteiger partial charge in [-0.25, -0.2) is 9.18 Å². The number of urea groups is 1. The summed E-state index contributed by atoms with van der Waals surface area (Å²) in [6.07, 6.45) is 5.03. The van der Waals surface area contributed by atoms with Gasteiger partial charge in [-0.1, -0.05) is 12.1 Å². The third kappa shape index (κ3) is 4.33. The molecule has 3 rings (SSSR count). The molecular weight excluding hydrogens is 321 g/mol. The van der Waals surface area contributed by atoms with E-state index in [-0.39, 0.29) is 24.0 Å². The van der Waals surface area contributed by atoms with Gasteiger partial charge < -0.3 is 15.0 Å². The number of carbonyl (C=O) groups excluding carboxylic acids is 1. The lowest BCUT2D eigenvalue weighted by Crippen LogP contribution is -2.46. The van der Waals surface area contributed by atoms with Gasteiger partial charge in [0.15, 0.2) is 0 Å². The molecule has 0 radical (unpaired) electrons. The number of likely N-dealkylation sites (tertiary alicyclic amines) is 1. The van der Waals surface area contributed by atoms with Crippen molar-refractivity contribution in [3.8, 4) is 0 Å². The van der Waals surface area contributed by atoms with E-state index in [4.69, 9.17) is 4.74 Å². The number of pyridine rings is 1. The maximum Gasteiger partial charge on any atom is 0.318 e. The van der Waals surface area contributed by atoms with Crippen LogP contribution in [-0.2, 0) is 17.7 Å². The van der Waals surface area contributed by atoms with Gasteiger partial charge in [0, 0.05) is 32.6 Å². The lowest BCUT2D eigenvalue weighted by atomic mass is 10.0. The van der Waals surface area contributed by atoms with Crippen molar-refractivity contribution in [1.82, 2.24) is 15.2 Å². The van der Waals surface area contributed by atoms with Crippen molar-refractivity contribution >= 4 is 6.03 Å². The molecule has 1 fully saturated rings. The molecule has 2 aromatic rings. The highest BCUT2D eigenvalue weighted by molar-refractivity contribution is 5.75. The van der Waals surface area contributed by atoms with Gasteiger partial charge in [0.2, 0.25) is 0 Å². The summed E-state index contributed by atoms with van der Waals surface area (Å²) in [4.78, 5) is 18.5. The number of nitrogens with one attached hydrogen (secondary N) is 1. The summed E-state index contributed by atoms with van der Waals surface area (Å²) in [5.41, 5.74) is 1.86. The number of amides is 2. The minimum absolute atomic E-state index is 0.00749. The van der Waals surface area contributed by atoms with Crippen LogP contribution >= 0.6 is 0 Å². The predicted octanol–water partition coefficient (Wildman–Crippen LogP) is 2.76. The third-order valence-electron chi connectivity index (χ3n) is 4.57. The van der Waals surface area contributed by atoms with Crippen LogP contribution in [0.2, 0.25) is 0 Å². The highest BCUT2D eigenvalue weighted by Gasteiger charge is 2.37. The summed E-state index contributed by atoms with van der Waals surface area (Å²) < 4.78 is 18.8. The van der Waals surface area contributed by atoms with Crippen molar-refractivity contribution in [2.75, 3.05) is 13.7 Å². The number of hydrogen-bond acceptors (Lipinski definition) is 3. The zero-order valence-electron chi connectivity index (χ0n) is 14.2. The van der Waals surface area contributed by atoms with Crippen LogP contribution in [0.4, 0.5) is 9.18 Å². The summed E-state index contributed by atoms with van der Waals surface area (Å²) in [6.45, 7) is 0.940. The van der Waals surface area contributed by atoms with Crippen molar-refractivity contribution in [3.63, 3.8) is 0 Å². The van der Waals surface area contributed by atoms with Crippen LogP contribution in [-0.4, -0.2) is 41.7 Å².